The lowest BCUT2D eigenvalue weighted by molar-refractivity contribution is -0.167. The van der Waals surface area contributed by atoms with Gasteiger partial charge in [0.2, 0.25) is 0 Å². The van der Waals surface area contributed by atoms with Crippen molar-refractivity contribution in [2.45, 2.75) is 194 Å². The summed E-state index contributed by atoms with van der Waals surface area (Å²) in [6.07, 6.45) is 66.1. The summed E-state index contributed by atoms with van der Waals surface area (Å²) < 4.78 is 16.7. The van der Waals surface area contributed by atoms with E-state index in [0.29, 0.717) is 12.8 Å². The van der Waals surface area contributed by atoms with Crippen molar-refractivity contribution in [2.75, 3.05) is 13.2 Å². The smallest absolute Gasteiger partial charge is 0.306 e. The van der Waals surface area contributed by atoms with Crippen LogP contribution in [-0.2, 0) is 28.6 Å². The molecule has 61 heavy (non-hydrogen) atoms. The van der Waals surface area contributed by atoms with Gasteiger partial charge in [0.15, 0.2) is 6.10 Å². The number of esters is 3. The van der Waals surface area contributed by atoms with E-state index in [1.165, 1.54) is 19.3 Å². The predicted octanol–water partition coefficient (Wildman–Crippen LogP) is 15.7. The summed E-state index contributed by atoms with van der Waals surface area (Å²) in [7, 11) is 0. The van der Waals surface area contributed by atoms with E-state index in [4.69, 9.17) is 14.2 Å². The van der Waals surface area contributed by atoms with E-state index in [2.05, 4.69) is 142 Å². The number of carbonyl (C=O) groups excluding carboxylic acids is 3. The Kier molecular flexibility index (Phi) is 45.1. The molecular weight excluding hydrogens is 757 g/mol. The third-order valence-corrected chi connectivity index (χ3v) is 9.53. The van der Waals surface area contributed by atoms with Crippen LogP contribution in [0.3, 0.4) is 0 Å². The Morgan fingerprint density at radius 3 is 1.21 bits per heavy atom. The fraction of sp³-hybridized carbons (Fsp3) is 0.582. The molecule has 0 aromatic heterocycles. The molecule has 1 atom stereocenters. The van der Waals surface area contributed by atoms with Crippen LogP contribution in [0.4, 0.5) is 0 Å². The lowest BCUT2D eigenvalue weighted by atomic mass is 10.1. The summed E-state index contributed by atoms with van der Waals surface area (Å²) in [4.78, 5) is 37.8. The van der Waals surface area contributed by atoms with E-state index in [1.54, 1.807) is 0 Å². The zero-order valence-corrected chi connectivity index (χ0v) is 38.9. The third-order valence-electron chi connectivity index (χ3n) is 9.53. The minimum Gasteiger partial charge on any atom is -0.462 e. The van der Waals surface area contributed by atoms with Crippen LogP contribution in [0.5, 0.6) is 0 Å². The van der Waals surface area contributed by atoms with Crippen LogP contribution in [0, 0.1) is 0 Å². The van der Waals surface area contributed by atoms with Crippen LogP contribution in [-0.4, -0.2) is 37.2 Å². The zero-order chi connectivity index (χ0) is 44.4. The van der Waals surface area contributed by atoms with Gasteiger partial charge in [-0.2, -0.15) is 0 Å². The molecule has 6 nitrogen and oxygen atoms in total. The SMILES string of the molecule is CC/C=C\C/C=C\C/C=C\CCCCCCC(=O)OC(COC(=O)CCC/C=C\C/C=C\C/C=C\CC)COC(=O)CCCCCCC\C=C/C=C\C=C/C=C\CCCCC. The summed E-state index contributed by atoms with van der Waals surface area (Å²) in [6.45, 7) is 6.25. The molecular formula is C55H86O6. The Balaban J connectivity index is 4.53. The van der Waals surface area contributed by atoms with Gasteiger partial charge in [-0.25, -0.2) is 0 Å². The number of hydrogen-bond acceptors (Lipinski definition) is 6. The largest absolute Gasteiger partial charge is 0.462 e. The van der Waals surface area contributed by atoms with Gasteiger partial charge >= 0.3 is 17.9 Å². The molecule has 1 unspecified atom stereocenters. The lowest BCUT2D eigenvalue weighted by Gasteiger charge is -2.18. The van der Waals surface area contributed by atoms with Crippen molar-refractivity contribution in [1.29, 1.82) is 0 Å². The first kappa shape index (κ1) is 56.8. The van der Waals surface area contributed by atoms with E-state index >= 15 is 0 Å². The summed E-state index contributed by atoms with van der Waals surface area (Å²) in [5, 5.41) is 0. The Bertz CT molecular complexity index is 1340. The molecule has 0 aliphatic carbocycles. The Hall–Kier alpha value is -4.19. The highest BCUT2D eigenvalue weighted by atomic mass is 16.6. The van der Waals surface area contributed by atoms with Crippen molar-refractivity contribution in [3.05, 3.63) is 122 Å². The highest BCUT2D eigenvalue weighted by molar-refractivity contribution is 5.71. The van der Waals surface area contributed by atoms with E-state index in [-0.39, 0.29) is 44.0 Å². The highest BCUT2D eigenvalue weighted by Crippen LogP contribution is 2.12. The second-order valence-corrected chi connectivity index (χ2v) is 15.3. The number of rotatable bonds is 41. The topological polar surface area (TPSA) is 78.9 Å². The minimum absolute atomic E-state index is 0.119. The van der Waals surface area contributed by atoms with Gasteiger partial charge in [-0.1, -0.05) is 187 Å². The number of unbranched alkanes of at least 4 members (excludes halogenated alkanes) is 13. The first-order valence-electron chi connectivity index (χ1n) is 24.1. The van der Waals surface area contributed by atoms with Gasteiger partial charge in [0.05, 0.1) is 0 Å². The maximum atomic E-state index is 12.7. The number of hydrogen-bond donors (Lipinski definition) is 0. The van der Waals surface area contributed by atoms with Crippen molar-refractivity contribution in [3.8, 4) is 0 Å². The molecule has 0 N–H and O–H groups in total. The van der Waals surface area contributed by atoms with Crippen LogP contribution in [0.25, 0.3) is 0 Å². The van der Waals surface area contributed by atoms with Crippen LogP contribution in [0.2, 0.25) is 0 Å². The molecule has 0 rings (SSSR count). The van der Waals surface area contributed by atoms with E-state index in [1.807, 2.05) is 0 Å². The summed E-state index contributed by atoms with van der Waals surface area (Å²) >= 11 is 0. The zero-order valence-electron chi connectivity index (χ0n) is 38.9. The molecule has 342 valence electrons. The number of carbonyl (C=O) groups is 3. The third kappa shape index (κ3) is 46.7. The summed E-state index contributed by atoms with van der Waals surface area (Å²) in [5.74, 6) is -1.03. The van der Waals surface area contributed by atoms with Crippen LogP contribution >= 0.6 is 0 Å². The normalized spacial score (nSPS) is 13.2. The second-order valence-electron chi connectivity index (χ2n) is 15.3. The molecule has 0 aromatic carbocycles. The predicted molar refractivity (Wildman–Crippen MR) is 260 cm³/mol. The molecule has 0 spiro atoms. The van der Waals surface area contributed by atoms with Gasteiger partial charge in [0.25, 0.3) is 0 Å². The van der Waals surface area contributed by atoms with E-state index in [0.717, 1.165) is 122 Å². The molecule has 0 saturated heterocycles. The molecule has 0 radical (unpaired) electrons. The molecule has 0 heterocycles. The molecule has 0 aliphatic heterocycles. The minimum atomic E-state index is -0.822. The average molecular weight is 843 g/mol. The van der Waals surface area contributed by atoms with Gasteiger partial charge in [0.1, 0.15) is 13.2 Å². The quantitative estimate of drug-likeness (QED) is 0.0201. The monoisotopic (exact) mass is 843 g/mol. The number of ether oxygens (including phenoxy) is 3. The lowest BCUT2D eigenvalue weighted by Crippen LogP contribution is -2.30. The molecule has 0 aromatic rings. The van der Waals surface area contributed by atoms with E-state index in [9.17, 15) is 14.4 Å². The van der Waals surface area contributed by atoms with E-state index < -0.39 is 6.10 Å². The molecule has 0 fully saturated rings. The van der Waals surface area contributed by atoms with Gasteiger partial charge in [-0.3, -0.25) is 14.4 Å². The second kappa shape index (κ2) is 48.5. The van der Waals surface area contributed by atoms with Crippen LogP contribution < -0.4 is 0 Å². The number of allylic oxidation sites excluding steroid dienone is 20. The first-order chi connectivity index (χ1) is 30.0. The Morgan fingerprint density at radius 1 is 0.361 bits per heavy atom. The summed E-state index contributed by atoms with van der Waals surface area (Å²) in [6, 6.07) is 0. The standard InChI is InChI=1S/C55H86O6/c1-4-7-10-13-16-19-22-24-26-27-28-29-31-33-36-39-42-45-48-54(57)60-51-52(50-59-53(56)47-44-41-38-35-32-21-18-15-12-9-6-3)61-55(58)49-46-43-40-37-34-30-25-23-20-17-14-11-8-5-2/h8-9,11-12,16-22,24-30,35,38,52H,4-7,10,13-15,23,31-34,36-37,39-51H2,1-3H3/b11-8-,12-9-,19-16-,20-17-,21-18-,24-22-,27-26-,29-28-,30-25-,38-35-. The fourth-order valence-electron chi connectivity index (χ4n) is 5.96. The van der Waals surface area contributed by atoms with Crippen molar-refractivity contribution in [1.82, 2.24) is 0 Å². The molecule has 6 heteroatoms. The average Bonchev–Trinajstić information content (AvgIpc) is 3.26. The maximum Gasteiger partial charge on any atom is 0.306 e. The van der Waals surface area contributed by atoms with Crippen molar-refractivity contribution >= 4 is 17.9 Å². The van der Waals surface area contributed by atoms with Gasteiger partial charge in [-0.15, -0.1) is 0 Å². The molecule has 0 bridgehead atoms. The maximum absolute atomic E-state index is 12.7. The summed E-state index contributed by atoms with van der Waals surface area (Å²) in [5.41, 5.74) is 0. The van der Waals surface area contributed by atoms with Crippen molar-refractivity contribution in [3.63, 3.8) is 0 Å². The van der Waals surface area contributed by atoms with Gasteiger partial charge in [0, 0.05) is 19.3 Å². The van der Waals surface area contributed by atoms with Gasteiger partial charge in [-0.05, 0) is 103 Å². The van der Waals surface area contributed by atoms with Crippen LogP contribution in [0.15, 0.2) is 122 Å². The fourth-order valence-corrected chi connectivity index (χ4v) is 5.96. The van der Waals surface area contributed by atoms with Crippen molar-refractivity contribution in [2.24, 2.45) is 0 Å². The Labute approximate surface area is 373 Å². The van der Waals surface area contributed by atoms with Gasteiger partial charge < -0.3 is 14.2 Å². The molecule has 0 saturated carbocycles. The molecule has 0 aliphatic rings. The Morgan fingerprint density at radius 2 is 0.721 bits per heavy atom. The first-order valence-corrected chi connectivity index (χ1v) is 24.1. The van der Waals surface area contributed by atoms with Crippen LogP contribution in [0.1, 0.15) is 188 Å². The van der Waals surface area contributed by atoms with Crippen molar-refractivity contribution < 1.29 is 28.6 Å². The molecule has 0 amide bonds. The highest BCUT2D eigenvalue weighted by Gasteiger charge is 2.19.